The van der Waals surface area contributed by atoms with Crippen LogP contribution in [-0.2, 0) is 36.8 Å². The lowest BCUT2D eigenvalue weighted by molar-refractivity contribution is -0.137. The van der Waals surface area contributed by atoms with Gasteiger partial charge in [0, 0.05) is 23.7 Å². The zero-order valence-electron chi connectivity index (χ0n) is 61.7. The Morgan fingerprint density at radius 1 is 0.542 bits per heavy atom. The van der Waals surface area contributed by atoms with Crippen molar-refractivity contribution in [2.45, 2.75) is 152 Å². The monoisotopic (exact) mass is 1550 g/mol. The summed E-state index contributed by atoms with van der Waals surface area (Å²) in [4.78, 5) is 98.0. The maximum absolute atomic E-state index is 13.8. The molecule has 572 valence electrons. The minimum Gasteiger partial charge on any atom is -0.470 e. The number of aliphatic hydroxyl groups excluding tert-OH is 1. The van der Waals surface area contributed by atoms with Crippen molar-refractivity contribution in [3.63, 3.8) is 0 Å². The van der Waals surface area contributed by atoms with E-state index >= 15 is 0 Å². The molecule has 6 heterocycles. The zero-order valence-corrected chi connectivity index (χ0v) is 65.0. The summed E-state index contributed by atoms with van der Waals surface area (Å²) < 4.78 is 46.4. The summed E-state index contributed by atoms with van der Waals surface area (Å²) in [6, 6.07) is 17.8. The standard InChI is InChI=1S/C21H22N2O5.C20H20N2O5.C20H30N2O4Si.C14H16N2O4.CH4.BCl3/c1-23(2)17-15-9-14-8-13(10-24)21(15,27-14)19(25)16-18(17)28-22-20(16)26-11-12-6-4-3-5-7-12;1-22(2)16-13-9-6-10-14(23)20(13,25)18(24)15-17(16)27-21-19(15)26-11-12-7-4-3-5-8-12;1-12-15-17(25-21-12)16(22(5)6)13-10-9-11-14(23)20(13,18(15)24)26-27(7,8)19(2,3)4;1-7-10-12(20-15-7)11(16(2)3)8-5-4-6-9(17)14(8,19)13(10)18;;2-1(3)4/h3-8,14-15,17,24H,9-11H2,1-2H3;3-8,10,13,16,25H,9,11H2,1-2H3;9,11,13,16H,10H2,1-8H3;4,6,8,11,19H,5H2,1-3H3;1H4;/t14-,15-,17-,21+;2*13-,16-,20-;8-,11-,14-;;/m0000../s1. The number of allylic oxidation sites excluding steroid dienone is 3. The molecule has 0 unspecified atom stereocenters. The van der Waals surface area contributed by atoms with E-state index in [1.165, 1.54) is 18.2 Å². The summed E-state index contributed by atoms with van der Waals surface area (Å²) in [7, 11) is 12.6. The molecular formula is C76H92BCl3N8O18Si. The number of rotatable bonds is 13. The highest BCUT2D eigenvalue weighted by Gasteiger charge is 2.69. The molecule has 31 heteroatoms. The van der Waals surface area contributed by atoms with E-state index in [0.717, 1.165) is 11.1 Å². The topological polar surface area (TPSA) is 334 Å². The number of aromatic nitrogens is 4. The van der Waals surface area contributed by atoms with Crippen LogP contribution in [0.25, 0.3) is 0 Å². The third kappa shape index (κ3) is 14.1. The van der Waals surface area contributed by atoms with Gasteiger partial charge in [0.25, 0.3) is 11.8 Å². The van der Waals surface area contributed by atoms with Crippen LogP contribution in [0.15, 0.2) is 127 Å². The molecule has 13 atom stereocenters. The number of ketones is 7. The van der Waals surface area contributed by atoms with Gasteiger partial charge in [-0.1, -0.05) is 123 Å². The van der Waals surface area contributed by atoms with Crippen LogP contribution in [0.3, 0.4) is 0 Å². The van der Waals surface area contributed by atoms with Crippen LogP contribution in [0.1, 0.15) is 165 Å². The van der Waals surface area contributed by atoms with E-state index < -0.39 is 76.7 Å². The Kier molecular flexibility index (Phi) is 24.0. The molecule has 0 saturated carbocycles. The fourth-order valence-electron chi connectivity index (χ4n) is 16.1. The number of halogens is 3. The van der Waals surface area contributed by atoms with Crippen molar-refractivity contribution in [2.24, 2.45) is 23.7 Å². The fraction of sp³-hybridized carbons (Fsp3) is 0.487. The number of hydrogen-bond acceptors (Lipinski definition) is 26. The van der Waals surface area contributed by atoms with Crippen molar-refractivity contribution in [1.29, 1.82) is 0 Å². The number of carbonyl (C=O) groups excluding carboxylic acids is 7. The quantitative estimate of drug-likeness (QED) is 0.0549. The van der Waals surface area contributed by atoms with Crippen molar-refractivity contribution >= 4 is 88.1 Å². The molecule has 2 bridgehead atoms. The number of nitrogens with zero attached hydrogens (tertiary/aromatic N) is 8. The van der Waals surface area contributed by atoms with Gasteiger partial charge in [0.2, 0.25) is 23.1 Å². The summed E-state index contributed by atoms with van der Waals surface area (Å²) in [5.41, 5.74) is -2.35. The summed E-state index contributed by atoms with van der Waals surface area (Å²) in [5.74, 6) is -2.91. The Labute approximate surface area is 637 Å². The van der Waals surface area contributed by atoms with Crippen LogP contribution in [0.2, 0.25) is 18.1 Å². The average Bonchev–Trinajstić information content (AvgIpc) is 1.58. The Hall–Kier alpha value is -7.68. The number of Topliss-reactive ketones (excluding diaryl/α,β-unsaturated/α-hetero) is 4. The van der Waals surface area contributed by atoms with Crippen LogP contribution in [0.5, 0.6) is 11.8 Å². The predicted octanol–water partition coefficient (Wildman–Crippen LogP) is 10.7. The molecule has 7 aliphatic carbocycles. The van der Waals surface area contributed by atoms with Crippen LogP contribution in [0.4, 0.5) is 0 Å². The molecule has 6 aromatic rings. The number of aryl methyl sites for hydroxylation is 2. The van der Waals surface area contributed by atoms with E-state index in [4.69, 9.17) is 71.1 Å². The van der Waals surface area contributed by atoms with Gasteiger partial charge < -0.3 is 52.0 Å². The van der Waals surface area contributed by atoms with E-state index in [0.29, 0.717) is 76.8 Å². The molecule has 0 amide bonds. The second-order valence-corrected chi connectivity index (χ2v) is 37.0. The Balaban J connectivity index is 0.000000150. The third-order valence-corrected chi connectivity index (χ3v) is 26.4. The number of hydrogen-bond donors (Lipinski definition) is 3. The zero-order chi connectivity index (χ0) is 77.2. The molecule has 1 saturated heterocycles. The number of aliphatic hydroxyl groups is 3. The molecule has 107 heavy (non-hydrogen) atoms. The first-order valence-corrected chi connectivity index (χ1v) is 39.0. The van der Waals surface area contributed by atoms with Crippen LogP contribution >= 0.6 is 34.4 Å². The number of carbonyl (C=O) groups is 7. The molecule has 2 aliphatic heterocycles. The second-order valence-electron chi connectivity index (χ2n) is 30.3. The van der Waals surface area contributed by atoms with Crippen molar-refractivity contribution in [2.75, 3.05) is 63.0 Å². The van der Waals surface area contributed by atoms with Gasteiger partial charge in [-0.3, -0.25) is 53.2 Å². The van der Waals surface area contributed by atoms with Crippen molar-refractivity contribution in [3.05, 3.63) is 177 Å². The first-order valence-electron chi connectivity index (χ1n) is 34.8. The molecule has 1 spiro atoms. The predicted molar refractivity (Wildman–Crippen MR) is 399 cm³/mol. The SMILES string of the molecule is C.CN(C)[C@@H]1c2onc(OCc3ccccc3)c2C(=O)[C@@]2(O)C(=O)C=CC[C@@H]12.CN(C)[C@@H]1c2onc(OCc3ccccc3)c2C(=O)[C@@]23O[C@@H](C=C2CO)C[C@@H]13.Cc1noc2c1C(=O)[C@@]1(O)C(=O)C=CC[C@H]1[C@@H]2N(C)C.Cc1noc2c1C(=O)[C@@]1(O[Si](C)(C)C(C)(C)C)C(=O)C=CC[C@H]1[C@@H]2N(C)C.ClB(Cl)Cl. The minimum atomic E-state index is -2.42. The van der Waals surface area contributed by atoms with Gasteiger partial charge >= 0.3 is 4.96 Å². The molecule has 0 radical (unpaired) electrons. The third-order valence-electron chi connectivity index (χ3n) is 22.0. The normalized spacial score (nSPS) is 28.2. The van der Waals surface area contributed by atoms with E-state index in [9.17, 15) is 48.9 Å². The van der Waals surface area contributed by atoms with E-state index in [1.807, 2.05) is 135 Å². The van der Waals surface area contributed by atoms with Crippen LogP contribution in [0, 0.1) is 37.5 Å². The molecule has 2 aromatic carbocycles. The first kappa shape index (κ1) is 81.8. The van der Waals surface area contributed by atoms with Gasteiger partial charge in [0.1, 0.15) is 24.3 Å². The Morgan fingerprint density at radius 2 is 0.907 bits per heavy atom. The van der Waals surface area contributed by atoms with Crippen molar-refractivity contribution in [3.8, 4) is 11.8 Å². The van der Waals surface area contributed by atoms with E-state index in [-0.39, 0.29) is 109 Å². The summed E-state index contributed by atoms with van der Waals surface area (Å²) in [5, 5.41) is 47.5. The summed E-state index contributed by atoms with van der Waals surface area (Å²) in [6.07, 6.45) is 13.1. The number of ether oxygens (including phenoxy) is 3. The second kappa shape index (κ2) is 31.4. The number of benzene rings is 2. The van der Waals surface area contributed by atoms with Gasteiger partial charge in [-0.05, 0) is 159 Å². The van der Waals surface area contributed by atoms with Crippen molar-refractivity contribution < 1.29 is 85.6 Å². The number of fused-ring (bicyclic) bond motifs is 8. The Morgan fingerprint density at radius 3 is 1.33 bits per heavy atom. The first-order chi connectivity index (χ1) is 50.0. The van der Waals surface area contributed by atoms with Crippen LogP contribution < -0.4 is 9.47 Å². The molecule has 4 aromatic heterocycles. The van der Waals surface area contributed by atoms with Gasteiger partial charge in [-0.25, -0.2) is 0 Å². The van der Waals surface area contributed by atoms with Crippen LogP contribution in [-0.4, -0.2) is 201 Å². The largest absolute Gasteiger partial charge is 0.470 e. The molecule has 9 aliphatic rings. The molecule has 1 fully saturated rings. The summed E-state index contributed by atoms with van der Waals surface area (Å²) >= 11 is 14.4. The lowest BCUT2D eigenvalue weighted by atomic mass is 9.65. The highest BCUT2D eigenvalue weighted by molar-refractivity contribution is 7.54. The minimum absolute atomic E-state index is 0. The maximum Gasteiger partial charge on any atom is 0.450 e. The summed E-state index contributed by atoms with van der Waals surface area (Å²) in [6.45, 7) is 14.1. The smallest absolute Gasteiger partial charge is 0.450 e. The Bertz CT molecular complexity index is 4500. The van der Waals surface area contributed by atoms with Gasteiger partial charge in [-0.2, -0.15) is 34.4 Å². The molecule has 15 rings (SSSR count). The maximum atomic E-state index is 13.8. The highest BCUT2D eigenvalue weighted by atomic mass is 35.6. The molecule has 26 nitrogen and oxygen atoms in total. The van der Waals surface area contributed by atoms with E-state index in [1.54, 1.807) is 40.1 Å². The lowest BCUT2D eigenvalue weighted by Crippen LogP contribution is -2.65. The van der Waals surface area contributed by atoms with Gasteiger partial charge in [0.15, 0.2) is 71.1 Å². The fourth-order valence-corrected chi connectivity index (χ4v) is 17.6. The lowest BCUT2D eigenvalue weighted by Gasteiger charge is -2.51. The average molecular weight is 1550 g/mol. The van der Waals surface area contributed by atoms with E-state index in [2.05, 4.69) is 54.5 Å². The molecule has 3 N–H and O–H groups in total. The van der Waals surface area contributed by atoms with Gasteiger partial charge in [0.05, 0.1) is 59.4 Å². The highest BCUT2D eigenvalue weighted by Crippen LogP contribution is 2.60. The van der Waals surface area contributed by atoms with Crippen molar-refractivity contribution in [1.82, 2.24) is 40.2 Å². The molecular weight excluding hydrogens is 1460 g/mol. The van der Waals surface area contributed by atoms with Gasteiger partial charge in [-0.15, -0.1) is 0 Å².